The van der Waals surface area contributed by atoms with Gasteiger partial charge in [0.15, 0.2) is 0 Å². The Bertz CT molecular complexity index is 517. The maximum absolute atomic E-state index is 11.0. The summed E-state index contributed by atoms with van der Waals surface area (Å²) in [6.45, 7) is 3.53. The van der Waals surface area contributed by atoms with Crippen LogP contribution in [0.1, 0.15) is 24.9 Å². The number of aromatic nitrogens is 3. The molecule has 2 aromatic rings. The fourth-order valence-corrected chi connectivity index (χ4v) is 1.66. The molecule has 0 fully saturated rings. The van der Waals surface area contributed by atoms with Gasteiger partial charge in [-0.2, -0.15) is 0 Å². The van der Waals surface area contributed by atoms with Crippen LogP contribution in [0.3, 0.4) is 0 Å². The highest BCUT2D eigenvalue weighted by Gasteiger charge is 2.06. The number of carbonyl (C=O) groups is 1. The molecule has 0 amide bonds. The predicted octanol–water partition coefficient (Wildman–Crippen LogP) is 2.30. The van der Waals surface area contributed by atoms with Gasteiger partial charge in [0.05, 0.1) is 5.69 Å². The first-order valence-corrected chi connectivity index (χ1v) is 5.62. The van der Waals surface area contributed by atoms with E-state index in [-0.39, 0.29) is 5.78 Å². The molecule has 2 aromatic heterocycles. The highest BCUT2D eigenvalue weighted by atomic mass is 16.1. The lowest BCUT2D eigenvalue weighted by Gasteiger charge is -2.03. The molecule has 0 bridgehead atoms. The van der Waals surface area contributed by atoms with Crippen LogP contribution in [-0.2, 0) is 11.2 Å². The van der Waals surface area contributed by atoms with Crippen molar-refractivity contribution in [2.45, 2.75) is 26.7 Å². The standard InChI is InChI=1S/C13H15N3O/c1-9-7-12(11-5-6-14-8-11)16-13(15-9)4-3-10(2)17/h5-8,14H,3-4H2,1-2H3. The first kappa shape index (κ1) is 11.5. The number of ketones is 1. The summed E-state index contributed by atoms with van der Waals surface area (Å²) in [6, 6.07) is 3.91. The zero-order valence-electron chi connectivity index (χ0n) is 10.0. The van der Waals surface area contributed by atoms with Crippen LogP contribution >= 0.6 is 0 Å². The number of Topliss-reactive ketones (excluding diaryl/α,β-unsaturated/α-hetero) is 1. The van der Waals surface area contributed by atoms with Gasteiger partial charge >= 0.3 is 0 Å². The van der Waals surface area contributed by atoms with Gasteiger partial charge in [-0.05, 0) is 26.0 Å². The average Bonchev–Trinajstić information content (AvgIpc) is 2.79. The van der Waals surface area contributed by atoms with E-state index in [1.807, 2.05) is 31.5 Å². The van der Waals surface area contributed by atoms with E-state index < -0.39 is 0 Å². The van der Waals surface area contributed by atoms with E-state index in [4.69, 9.17) is 0 Å². The largest absolute Gasteiger partial charge is 0.367 e. The van der Waals surface area contributed by atoms with Crippen LogP contribution in [0, 0.1) is 6.92 Å². The Kier molecular flexibility index (Phi) is 3.32. The molecule has 2 heterocycles. The Morgan fingerprint density at radius 2 is 2.24 bits per heavy atom. The summed E-state index contributed by atoms with van der Waals surface area (Å²) in [5.41, 5.74) is 2.87. The summed E-state index contributed by atoms with van der Waals surface area (Å²) in [4.78, 5) is 22.8. The lowest BCUT2D eigenvalue weighted by atomic mass is 10.2. The van der Waals surface area contributed by atoms with Crippen molar-refractivity contribution in [2.75, 3.05) is 0 Å². The fraction of sp³-hybridized carbons (Fsp3) is 0.308. The van der Waals surface area contributed by atoms with Gasteiger partial charge in [0.1, 0.15) is 11.6 Å². The van der Waals surface area contributed by atoms with Gasteiger partial charge in [-0.1, -0.05) is 0 Å². The zero-order valence-corrected chi connectivity index (χ0v) is 10.0. The molecule has 4 heteroatoms. The summed E-state index contributed by atoms with van der Waals surface area (Å²) in [5, 5.41) is 0. The molecule has 0 unspecified atom stereocenters. The molecule has 2 rings (SSSR count). The number of nitrogens with zero attached hydrogens (tertiary/aromatic N) is 2. The van der Waals surface area contributed by atoms with Crippen molar-refractivity contribution < 1.29 is 4.79 Å². The van der Waals surface area contributed by atoms with E-state index in [1.54, 1.807) is 6.92 Å². The Morgan fingerprint density at radius 1 is 1.41 bits per heavy atom. The second kappa shape index (κ2) is 4.91. The summed E-state index contributed by atoms with van der Waals surface area (Å²) in [6.07, 6.45) is 4.86. The monoisotopic (exact) mass is 229 g/mol. The molecule has 4 nitrogen and oxygen atoms in total. The third kappa shape index (κ3) is 3.00. The van der Waals surface area contributed by atoms with E-state index in [0.29, 0.717) is 12.8 Å². The summed E-state index contributed by atoms with van der Waals surface area (Å²) >= 11 is 0. The van der Waals surface area contributed by atoms with Crippen LogP contribution in [0.5, 0.6) is 0 Å². The summed E-state index contributed by atoms with van der Waals surface area (Å²) < 4.78 is 0. The minimum absolute atomic E-state index is 0.165. The Hall–Kier alpha value is -1.97. The molecule has 1 N–H and O–H groups in total. The second-order valence-corrected chi connectivity index (χ2v) is 4.11. The van der Waals surface area contributed by atoms with Crippen molar-refractivity contribution in [1.29, 1.82) is 0 Å². The molecule has 88 valence electrons. The SMILES string of the molecule is CC(=O)CCc1nc(C)cc(-c2cc[nH]c2)n1. The first-order valence-electron chi connectivity index (χ1n) is 5.62. The average molecular weight is 229 g/mol. The van der Waals surface area contributed by atoms with Crippen LogP contribution in [0.15, 0.2) is 24.5 Å². The molecule has 0 aromatic carbocycles. The Labute approximate surface area is 100 Å². The molecule has 0 radical (unpaired) electrons. The molecule has 0 saturated heterocycles. The maximum atomic E-state index is 11.0. The number of hydrogen-bond acceptors (Lipinski definition) is 3. The third-order valence-corrected chi connectivity index (χ3v) is 2.49. The highest BCUT2D eigenvalue weighted by Crippen LogP contribution is 2.17. The van der Waals surface area contributed by atoms with Gasteiger partial charge in [-0.15, -0.1) is 0 Å². The van der Waals surface area contributed by atoms with Crippen molar-refractivity contribution in [3.05, 3.63) is 36.0 Å². The molecule has 17 heavy (non-hydrogen) atoms. The van der Waals surface area contributed by atoms with Gasteiger partial charge in [0.25, 0.3) is 0 Å². The minimum atomic E-state index is 0.165. The van der Waals surface area contributed by atoms with Crippen LogP contribution in [-0.4, -0.2) is 20.7 Å². The predicted molar refractivity (Wildman–Crippen MR) is 65.6 cm³/mol. The molecule has 0 saturated carbocycles. The van der Waals surface area contributed by atoms with Crippen molar-refractivity contribution >= 4 is 5.78 Å². The van der Waals surface area contributed by atoms with E-state index in [9.17, 15) is 4.79 Å². The summed E-state index contributed by atoms with van der Waals surface area (Å²) in [7, 11) is 0. The second-order valence-electron chi connectivity index (χ2n) is 4.11. The fourth-order valence-electron chi connectivity index (χ4n) is 1.66. The van der Waals surface area contributed by atoms with Crippen molar-refractivity contribution in [1.82, 2.24) is 15.0 Å². The van der Waals surface area contributed by atoms with Gasteiger partial charge in [0.2, 0.25) is 0 Å². The van der Waals surface area contributed by atoms with Gasteiger partial charge in [-0.25, -0.2) is 9.97 Å². The molecule has 0 aliphatic rings. The maximum Gasteiger partial charge on any atom is 0.130 e. The highest BCUT2D eigenvalue weighted by molar-refractivity contribution is 5.75. The minimum Gasteiger partial charge on any atom is -0.367 e. The Balaban J connectivity index is 2.26. The zero-order chi connectivity index (χ0) is 12.3. The number of nitrogens with one attached hydrogen (secondary N) is 1. The van der Waals surface area contributed by atoms with Crippen LogP contribution in [0.25, 0.3) is 11.3 Å². The van der Waals surface area contributed by atoms with Gasteiger partial charge < -0.3 is 9.78 Å². The first-order chi connectivity index (χ1) is 8.15. The van der Waals surface area contributed by atoms with Crippen molar-refractivity contribution in [2.24, 2.45) is 0 Å². The molecule has 0 aliphatic carbocycles. The van der Waals surface area contributed by atoms with Crippen LogP contribution < -0.4 is 0 Å². The number of rotatable bonds is 4. The van der Waals surface area contributed by atoms with Crippen molar-refractivity contribution in [3.63, 3.8) is 0 Å². The van der Waals surface area contributed by atoms with E-state index >= 15 is 0 Å². The van der Waals surface area contributed by atoms with Crippen molar-refractivity contribution in [3.8, 4) is 11.3 Å². The van der Waals surface area contributed by atoms with Gasteiger partial charge in [0, 0.05) is 36.5 Å². The van der Waals surface area contributed by atoms with E-state index in [1.165, 1.54) is 0 Å². The van der Waals surface area contributed by atoms with Gasteiger partial charge in [-0.3, -0.25) is 0 Å². The molecule has 0 aliphatic heterocycles. The van der Waals surface area contributed by atoms with E-state index in [0.717, 1.165) is 22.8 Å². The Morgan fingerprint density at radius 3 is 2.88 bits per heavy atom. The lowest BCUT2D eigenvalue weighted by Crippen LogP contribution is -2.02. The molecule has 0 spiro atoms. The normalized spacial score (nSPS) is 10.5. The van der Waals surface area contributed by atoms with Crippen LogP contribution in [0.2, 0.25) is 0 Å². The topological polar surface area (TPSA) is 58.6 Å². The van der Waals surface area contributed by atoms with E-state index in [2.05, 4.69) is 15.0 Å². The summed E-state index contributed by atoms with van der Waals surface area (Å²) in [5.74, 6) is 0.898. The lowest BCUT2D eigenvalue weighted by molar-refractivity contribution is -0.117. The molecular weight excluding hydrogens is 214 g/mol. The quantitative estimate of drug-likeness (QED) is 0.875. The number of hydrogen-bond donors (Lipinski definition) is 1. The molecule has 0 atom stereocenters. The molecular formula is C13H15N3O. The number of carbonyl (C=O) groups excluding carboxylic acids is 1. The number of aryl methyl sites for hydroxylation is 2. The van der Waals surface area contributed by atoms with Crippen LogP contribution in [0.4, 0.5) is 0 Å². The smallest absolute Gasteiger partial charge is 0.130 e. The number of aromatic amines is 1. The number of H-pyrrole nitrogens is 1. The third-order valence-electron chi connectivity index (χ3n) is 2.49.